The Morgan fingerprint density at radius 1 is 0.636 bits per heavy atom. The van der Waals surface area contributed by atoms with Crippen molar-refractivity contribution in [2.75, 3.05) is 0 Å². The summed E-state index contributed by atoms with van der Waals surface area (Å²) >= 11 is 19.4. The number of hydrogen-bond acceptors (Lipinski definition) is 2. The van der Waals surface area contributed by atoms with Gasteiger partial charge in [-0.25, -0.2) is 0 Å². The summed E-state index contributed by atoms with van der Waals surface area (Å²) < 4.78 is -2.54. The molecule has 0 aromatic carbocycles. The molecular weight excluding hydrogens is 543 g/mol. The molecule has 0 aromatic rings. The highest BCUT2D eigenvalue weighted by atomic mass is 79.9. The number of hydrogen-bond donors (Lipinski definition) is 2. The lowest BCUT2D eigenvalue weighted by Gasteiger charge is -2.38. The second-order valence-electron chi connectivity index (χ2n) is 1.82. The minimum atomic E-state index is -0.880. The van der Waals surface area contributed by atoms with Crippen LogP contribution in [0.15, 0.2) is 0 Å². The van der Waals surface area contributed by atoms with Crippen molar-refractivity contribution in [3.05, 3.63) is 0 Å². The molecule has 0 aliphatic rings. The number of rotatable bonds is 2. The fourth-order valence-electron chi connectivity index (χ4n) is 0.222. The van der Waals surface area contributed by atoms with Crippen LogP contribution in [0.2, 0.25) is 0 Å². The van der Waals surface area contributed by atoms with Gasteiger partial charge in [0.2, 0.25) is 0 Å². The van der Waals surface area contributed by atoms with E-state index in [4.69, 9.17) is 11.5 Å². The summed E-state index contributed by atoms with van der Waals surface area (Å²) in [7, 11) is 0. The molecule has 11 heavy (non-hydrogen) atoms. The molecule has 0 aliphatic heterocycles. The van der Waals surface area contributed by atoms with Crippen molar-refractivity contribution in [3.63, 3.8) is 0 Å². The number of alkyl halides is 6. The molecule has 4 N–H and O–H groups in total. The van der Waals surface area contributed by atoms with E-state index in [-0.39, 0.29) is 0 Å². The Labute approximate surface area is 115 Å². The van der Waals surface area contributed by atoms with E-state index in [1.165, 1.54) is 0 Å². The van der Waals surface area contributed by atoms with E-state index in [9.17, 15) is 0 Å². The molecule has 0 amide bonds. The molecule has 0 bridgehead atoms. The minimum Gasteiger partial charge on any atom is -0.305 e. The van der Waals surface area contributed by atoms with E-state index in [1.807, 2.05) is 0 Å². The van der Waals surface area contributed by atoms with Gasteiger partial charge in [-0.15, -0.1) is 0 Å². The molecule has 0 fully saturated rings. The maximum atomic E-state index is 5.70. The summed E-state index contributed by atoms with van der Waals surface area (Å²) in [6, 6.07) is 0. The lowest BCUT2D eigenvalue weighted by molar-refractivity contribution is 0.715. The Morgan fingerprint density at radius 3 is 0.818 bits per heavy atom. The van der Waals surface area contributed by atoms with E-state index in [0.29, 0.717) is 0 Å². The van der Waals surface area contributed by atoms with E-state index < -0.39 is 9.95 Å². The molecule has 0 atom stereocenters. The van der Waals surface area contributed by atoms with Crippen molar-refractivity contribution in [2.24, 2.45) is 11.5 Å². The zero-order valence-corrected chi connectivity index (χ0v) is 14.4. The molecular formula is C3H4Br6N2. The fourth-order valence-corrected chi connectivity index (χ4v) is 2.54. The average Bonchev–Trinajstić information content (AvgIpc) is 1.58. The van der Waals surface area contributed by atoms with E-state index in [0.717, 1.165) is 0 Å². The zero-order valence-electron chi connectivity index (χ0n) is 4.92. The van der Waals surface area contributed by atoms with E-state index in [1.54, 1.807) is 0 Å². The smallest absolute Gasteiger partial charge is 0.156 e. The maximum absolute atomic E-state index is 5.70. The van der Waals surface area contributed by atoms with Crippen LogP contribution in [0, 0.1) is 0 Å². The number of halogens is 6. The monoisotopic (exact) mass is 542 g/mol. The van der Waals surface area contributed by atoms with Crippen molar-refractivity contribution in [1.29, 1.82) is 0 Å². The molecule has 8 heteroatoms. The van der Waals surface area contributed by atoms with Crippen LogP contribution in [-0.4, -0.2) is 9.95 Å². The maximum Gasteiger partial charge on any atom is 0.156 e. The quantitative estimate of drug-likeness (QED) is 0.412. The van der Waals surface area contributed by atoms with Gasteiger partial charge in [0, 0.05) is 0 Å². The van der Waals surface area contributed by atoms with Crippen LogP contribution in [-0.2, 0) is 0 Å². The molecule has 68 valence electrons. The summed E-state index contributed by atoms with van der Waals surface area (Å²) in [6.07, 6.45) is 0. The highest BCUT2D eigenvalue weighted by Gasteiger charge is 2.54. The number of nitrogens with two attached hydrogens (primary N) is 2. The van der Waals surface area contributed by atoms with Gasteiger partial charge in [0.1, 0.15) is 0 Å². The third-order valence-corrected chi connectivity index (χ3v) is 9.97. The van der Waals surface area contributed by atoms with Crippen LogP contribution in [0.1, 0.15) is 0 Å². The van der Waals surface area contributed by atoms with Gasteiger partial charge in [0.15, 0.2) is 9.95 Å². The molecule has 0 saturated carbocycles. The third kappa shape index (κ3) is 3.45. The second-order valence-corrected chi connectivity index (χ2v) is 12.4. The fraction of sp³-hybridized carbons (Fsp3) is 1.00. The molecule has 0 radical (unpaired) electrons. The highest BCUT2D eigenvalue weighted by molar-refractivity contribution is 9.33. The first kappa shape index (κ1) is 13.8. The predicted molar refractivity (Wildman–Crippen MR) is 70.1 cm³/mol. The van der Waals surface area contributed by atoms with Crippen LogP contribution in [0.3, 0.4) is 0 Å². The first-order valence-electron chi connectivity index (χ1n) is 2.21. The first-order chi connectivity index (χ1) is 4.50. The normalized spacial score (nSPS) is 15.3. The van der Waals surface area contributed by atoms with E-state index in [2.05, 4.69) is 95.6 Å². The Kier molecular flexibility index (Phi) is 5.17. The van der Waals surface area contributed by atoms with Crippen molar-refractivity contribution in [1.82, 2.24) is 0 Å². The Balaban J connectivity index is 4.75. The average molecular weight is 548 g/mol. The summed E-state index contributed by atoms with van der Waals surface area (Å²) in [6.45, 7) is 0. The van der Waals surface area contributed by atoms with Gasteiger partial charge in [0.25, 0.3) is 0 Å². The molecule has 0 spiro atoms. The SMILES string of the molecule is NC(Br)(Br)C(Br)(Br)C(N)(Br)Br. The molecule has 0 unspecified atom stereocenters. The van der Waals surface area contributed by atoms with Gasteiger partial charge in [-0.05, 0) is 0 Å². The van der Waals surface area contributed by atoms with Crippen LogP contribution < -0.4 is 11.5 Å². The van der Waals surface area contributed by atoms with Crippen molar-refractivity contribution >= 4 is 95.6 Å². The topological polar surface area (TPSA) is 52.0 Å². The largest absolute Gasteiger partial charge is 0.305 e. The summed E-state index contributed by atoms with van der Waals surface area (Å²) in [5.41, 5.74) is 11.4. The van der Waals surface area contributed by atoms with Crippen LogP contribution in [0.4, 0.5) is 0 Å². The van der Waals surface area contributed by atoms with Gasteiger partial charge in [-0.3, -0.25) is 0 Å². The van der Waals surface area contributed by atoms with Crippen molar-refractivity contribution in [3.8, 4) is 0 Å². The van der Waals surface area contributed by atoms with Gasteiger partial charge >= 0.3 is 0 Å². The first-order valence-corrected chi connectivity index (χ1v) is 6.97. The highest BCUT2D eigenvalue weighted by Crippen LogP contribution is 2.54. The van der Waals surface area contributed by atoms with Crippen molar-refractivity contribution in [2.45, 2.75) is 9.95 Å². The van der Waals surface area contributed by atoms with Gasteiger partial charge in [0.05, 0.1) is 0 Å². The van der Waals surface area contributed by atoms with Crippen molar-refractivity contribution < 1.29 is 0 Å². The zero-order chi connectivity index (χ0) is 9.50. The van der Waals surface area contributed by atoms with Crippen LogP contribution >= 0.6 is 95.6 Å². The lowest BCUT2D eigenvalue weighted by Crippen LogP contribution is -2.56. The van der Waals surface area contributed by atoms with Gasteiger partial charge < -0.3 is 11.5 Å². The molecule has 0 rings (SSSR count). The molecule has 0 aromatic heterocycles. The van der Waals surface area contributed by atoms with Crippen LogP contribution in [0.5, 0.6) is 0 Å². The Hall–Kier alpha value is 2.80. The molecule has 0 aliphatic carbocycles. The lowest BCUT2D eigenvalue weighted by atomic mass is 10.4. The van der Waals surface area contributed by atoms with Gasteiger partial charge in [-0.1, -0.05) is 95.6 Å². The van der Waals surface area contributed by atoms with E-state index >= 15 is 0 Å². The molecule has 2 nitrogen and oxygen atoms in total. The predicted octanol–water partition coefficient (Wildman–Crippen LogP) is 3.28. The Bertz CT molecular complexity index is 127. The van der Waals surface area contributed by atoms with Crippen LogP contribution in [0.25, 0.3) is 0 Å². The third-order valence-electron chi connectivity index (χ3n) is 0.837. The molecule has 0 heterocycles. The standard InChI is InChI=1S/C3H4Br6N2/c4-1(5,2(6,7)10)3(8,9)11/h10-11H2. The summed E-state index contributed by atoms with van der Waals surface area (Å²) in [5, 5.41) is 0. The summed E-state index contributed by atoms with van der Waals surface area (Å²) in [5.74, 6) is 0. The second kappa shape index (κ2) is 4.12. The summed E-state index contributed by atoms with van der Waals surface area (Å²) in [4.78, 5) is 0. The Morgan fingerprint density at radius 2 is 0.818 bits per heavy atom. The van der Waals surface area contributed by atoms with Gasteiger partial charge in [-0.2, -0.15) is 0 Å². The molecule has 0 saturated heterocycles. The minimum absolute atomic E-state index is 0.778.